The first-order chi connectivity index (χ1) is 18.2. The first kappa shape index (κ1) is 25.8. The first-order valence-electron chi connectivity index (χ1n) is 13.0. The van der Waals surface area contributed by atoms with Crippen molar-refractivity contribution in [2.45, 2.75) is 45.9 Å². The minimum absolute atomic E-state index is 0.0738. The highest BCUT2D eigenvalue weighted by Gasteiger charge is 2.42. The lowest BCUT2D eigenvalue weighted by Crippen LogP contribution is -2.29. The summed E-state index contributed by atoms with van der Waals surface area (Å²) in [6.07, 6.45) is 1.96. The van der Waals surface area contributed by atoms with Crippen LogP contribution in [-0.2, 0) is 0 Å². The maximum absolute atomic E-state index is 5.94. The molecule has 196 valence electrons. The predicted octanol–water partition coefficient (Wildman–Crippen LogP) is 6.52. The molecule has 1 aliphatic rings. The van der Waals surface area contributed by atoms with Crippen LogP contribution in [0.25, 0.3) is 5.69 Å². The fraction of sp³-hybridized carbons (Fsp3) is 0.290. The zero-order valence-electron chi connectivity index (χ0n) is 22.8. The molecule has 0 radical (unpaired) electrons. The number of benzene rings is 2. The maximum atomic E-state index is 5.94. The summed E-state index contributed by atoms with van der Waals surface area (Å²) in [6, 6.07) is 25.0. The molecule has 0 aliphatic carbocycles. The standard InChI is InChI=1S/C31H35N5OS/c1-20(2)37-26-16-14-25(15-17-26)36-30(29(33-31(36)38)28-9-7-8-18-32-28)27-19-21(3)35(22(27)4)24-12-10-23(11-13-24)34(5)6/h7-20,29-30H,1-6H3,(H,33,38)/t29-,30+/m0/s1. The van der Waals surface area contributed by atoms with Crippen molar-refractivity contribution in [2.24, 2.45) is 0 Å². The number of aromatic nitrogens is 2. The van der Waals surface area contributed by atoms with Gasteiger partial charge in [0.25, 0.3) is 0 Å². The van der Waals surface area contributed by atoms with Gasteiger partial charge in [-0.25, -0.2) is 0 Å². The van der Waals surface area contributed by atoms with Crippen LogP contribution in [0.4, 0.5) is 11.4 Å². The van der Waals surface area contributed by atoms with Crippen molar-refractivity contribution < 1.29 is 4.74 Å². The first-order valence-corrected chi connectivity index (χ1v) is 13.4. The van der Waals surface area contributed by atoms with Gasteiger partial charge < -0.3 is 24.4 Å². The Hall–Kier alpha value is -3.84. The molecule has 7 heteroatoms. The normalized spacial score (nSPS) is 17.1. The average Bonchev–Trinajstić information content (AvgIpc) is 3.39. The molecular formula is C31H35N5OS. The van der Waals surface area contributed by atoms with Crippen molar-refractivity contribution in [3.63, 3.8) is 0 Å². The van der Waals surface area contributed by atoms with Gasteiger partial charge in [-0.2, -0.15) is 0 Å². The highest BCUT2D eigenvalue weighted by Crippen LogP contribution is 2.44. The van der Waals surface area contributed by atoms with Crippen LogP contribution in [0, 0.1) is 13.8 Å². The minimum Gasteiger partial charge on any atom is -0.491 e. The molecule has 1 fully saturated rings. The summed E-state index contributed by atoms with van der Waals surface area (Å²) in [4.78, 5) is 9.04. The van der Waals surface area contributed by atoms with Crippen LogP contribution in [-0.4, -0.2) is 34.9 Å². The van der Waals surface area contributed by atoms with E-state index in [1.54, 1.807) is 0 Å². The van der Waals surface area contributed by atoms with Gasteiger partial charge in [-0.15, -0.1) is 0 Å². The summed E-state index contributed by atoms with van der Waals surface area (Å²) >= 11 is 5.94. The maximum Gasteiger partial charge on any atom is 0.174 e. The number of thiocarbonyl (C=S) groups is 1. The van der Waals surface area contributed by atoms with Gasteiger partial charge in [0.1, 0.15) is 5.75 Å². The van der Waals surface area contributed by atoms with E-state index in [1.165, 1.54) is 22.6 Å². The van der Waals surface area contributed by atoms with Gasteiger partial charge in [-0.1, -0.05) is 6.07 Å². The molecule has 38 heavy (non-hydrogen) atoms. The van der Waals surface area contributed by atoms with Crippen molar-refractivity contribution in [3.8, 4) is 11.4 Å². The molecule has 1 aliphatic heterocycles. The summed E-state index contributed by atoms with van der Waals surface area (Å²) in [7, 11) is 4.12. The van der Waals surface area contributed by atoms with Gasteiger partial charge in [-0.05, 0) is 112 Å². The summed E-state index contributed by atoms with van der Waals surface area (Å²) < 4.78 is 8.21. The Morgan fingerprint density at radius 1 is 0.947 bits per heavy atom. The number of hydrogen-bond acceptors (Lipinski definition) is 4. The van der Waals surface area contributed by atoms with Gasteiger partial charge in [0.15, 0.2) is 5.11 Å². The van der Waals surface area contributed by atoms with E-state index in [4.69, 9.17) is 21.9 Å². The smallest absolute Gasteiger partial charge is 0.174 e. The zero-order valence-corrected chi connectivity index (χ0v) is 23.7. The molecule has 2 aromatic carbocycles. The van der Waals surface area contributed by atoms with Gasteiger partial charge >= 0.3 is 0 Å². The molecule has 0 spiro atoms. The van der Waals surface area contributed by atoms with Crippen molar-refractivity contribution in [2.75, 3.05) is 23.9 Å². The van der Waals surface area contributed by atoms with Crippen LogP contribution in [0.2, 0.25) is 0 Å². The molecule has 0 unspecified atom stereocenters. The summed E-state index contributed by atoms with van der Waals surface area (Å²) in [5.41, 5.74) is 7.86. The molecule has 4 aromatic rings. The Kier molecular flexibility index (Phi) is 7.13. The largest absolute Gasteiger partial charge is 0.491 e. The third kappa shape index (κ3) is 4.86. The Morgan fingerprint density at radius 2 is 1.63 bits per heavy atom. The van der Waals surface area contributed by atoms with E-state index in [-0.39, 0.29) is 18.2 Å². The summed E-state index contributed by atoms with van der Waals surface area (Å²) in [5, 5.41) is 4.26. The SMILES string of the molecule is Cc1cc([C@@H]2[C@H](c3ccccn3)NC(=S)N2c2ccc(OC(C)C)cc2)c(C)n1-c1ccc(N(C)C)cc1. The second-order valence-corrected chi connectivity index (χ2v) is 10.6. The number of ether oxygens (including phenoxy) is 1. The fourth-order valence-corrected chi connectivity index (χ4v) is 5.64. The molecule has 0 saturated carbocycles. The highest BCUT2D eigenvalue weighted by molar-refractivity contribution is 7.80. The van der Waals surface area contributed by atoms with E-state index in [0.717, 1.165) is 22.8 Å². The number of anilines is 2. The molecule has 6 nitrogen and oxygen atoms in total. The third-order valence-electron chi connectivity index (χ3n) is 7.00. The monoisotopic (exact) mass is 525 g/mol. The molecule has 2 atom stereocenters. The fourth-order valence-electron chi connectivity index (χ4n) is 5.29. The molecular weight excluding hydrogens is 490 g/mol. The van der Waals surface area contributed by atoms with Crippen molar-refractivity contribution in [3.05, 3.63) is 102 Å². The van der Waals surface area contributed by atoms with E-state index in [2.05, 4.69) is 96.2 Å². The van der Waals surface area contributed by atoms with Crippen LogP contribution in [0.3, 0.4) is 0 Å². The van der Waals surface area contributed by atoms with Crippen molar-refractivity contribution >= 4 is 28.7 Å². The lowest BCUT2D eigenvalue weighted by atomic mass is 9.96. The quantitative estimate of drug-likeness (QED) is 0.277. The molecule has 3 heterocycles. The molecule has 1 N–H and O–H groups in total. The van der Waals surface area contributed by atoms with Gasteiger partial charge in [-0.3, -0.25) is 4.98 Å². The molecule has 0 bridgehead atoms. The third-order valence-corrected chi connectivity index (χ3v) is 7.31. The topological polar surface area (TPSA) is 45.6 Å². The van der Waals surface area contributed by atoms with E-state index >= 15 is 0 Å². The molecule has 0 amide bonds. The van der Waals surface area contributed by atoms with Crippen LogP contribution in [0.15, 0.2) is 79.0 Å². The molecule has 5 rings (SSSR count). The summed E-state index contributed by atoms with van der Waals surface area (Å²) in [6.45, 7) is 8.42. The number of nitrogens with one attached hydrogen (secondary N) is 1. The predicted molar refractivity (Wildman–Crippen MR) is 160 cm³/mol. The lowest BCUT2D eigenvalue weighted by Gasteiger charge is -2.28. The second kappa shape index (κ2) is 10.5. The Bertz CT molecular complexity index is 1410. The van der Waals surface area contributed by atoms with E-state index in [1.807, 2.05) is 44.3 Å². The number of hydrogen-bond donors (Lipinski definition) is 1. The van der Waals surface area contributed by atoms with Gasteiger partial charge in [0.2, 0.25) is 0 Å². The Morgan fingerprint density at radius 3 is 2.24 bits per heavy atom. The zero-order chi connectivity index (χ0) is 27.0. The van der Waals surface area contributed by atoms with E-state index in [9.17, 15) is 0 Å². The van der Waals surface area contributed by atoms with E-state index in [0.29, 0.717) is 5.11 Å². The van der Waals surface area contributed by atoms with E-state index < -0.39 is 0 Å². The Labute approximate surface area is 230 Å². The van der Waals surface area contributed by atoms with Gasteiger partial charge in [0, 0.05) is 48.7 Å². The Balaban J connectivity index is 1.60. The number of nitrogens with zero attached hydrogens (tertiary/aromatic N) is 4. The number of rotatable bonds is 7. The van der Waals surface area contributed by atoms with Gasteiger partial charge in [0.05, 0.1) is 23.9 Å². The average molecular weight is 526 g/mol. The van der Waals surface area contributed by atoms with Crippen LogP contribution in [0.5, 0.6) is 5.75 Å². The highest BCUT2D eigenvalue weighted by atomic mass is 32.1. The van der Waals surface area contributed by atoms with Crippen LogP contribution in [0.1, 0.15) is 48.6 Å². The number of aryl methyl sites for hydroxylation is 1. The van der Waals surface area contributed by atoms with Crippen molar-refractivity contribution in [1.29, 1.82) is 0 Å². The summed E-state index contributed by atoms with van der Waals surface area (Å²) in [5.74, 6) is 0.846. The van der Waals surface area contributed by atoms with Crippen LogP contribution >= 0.6 is 12.2 Å². The molecule has 2 aromatic heterocycles. The number of pyridine rings is 1. The minimum atomic E-state index is -0.0969. The van der Waals surface area contributed by atoms with Crippen molar-refractivity contribution in [1.82, 2.24) is 14.9 Å². The van der Waals surface area contributed by atoms with Crippen LogP contribution < -0.4 is 19.9 Å². The second-order valence-electron chi connectivity index (χ2n) is 10.2. The molecule has 1 saturated heterocycles. The lowest BCUT2D eigenvalue weighted by molar-refractivity contribution is 0.242.